The van der Waals surface area contributed by atoms with Crippen LogP contribution in [0.2, 0.25) is 0 Å². The summed E-state index contributed by atoms with van der Waals surface area (Å²) in [7, 11) is 0. The van der Waals surface area contributed by atoms with Crippen molar-refractivity contribution in [2.75, 3.05) is 24.6 Å². The highest BCUT2D eigenvalue weighted by Gasteiger charge is 2.30. The molecule has 1 saturated heterocycles. The maximum absolute atomic E-state index is 5.45. The van der Waals surface area contributed by atoms with Crippen LogP contribution in [0.3, 0.4) is 0 Å². The van der Waals surface area contributed by atoms with Crippen LogP contribution in [0.5, 0.6) is 5.88 Å². The summed E-state index contributed by atoms with van der Waals surface area (Å²) in [5.74, 6) is 7.17. The first kappa shape index (κ1) is 12.7. The van der Waals surface area contributed by atoms with E-state index in [9.17, 15) is 0 Å². The predicted molar refractivity (Wildman–Crippen MR) is 71.6 cm³/mol. The van der Waals surface area contributed by atoms with E-state index < -0.39 is 0 Å². The molecule has 0 spiro atoms. The maximum atomic E-state index is 5.45. The van der Waals surface area contributed by atoms with Crippen LogP contribution < -0.4 is 9.64 Å². The van der Waals surface area contributed by atoms with E-state index >= 15 is 0 Å². The van der Waals surface area contributed by atoms with Gasteiger partial charge in [-0.05, 0) is 18.8 Å². The summed E-state index contributed by atoms with van der Waals surface area (Å²) in [6, 6.07) is 1.89. The molecular formula is C14H19N3O. The lowest BCUT2D eigenvalue weighted by Gasteiger charge is -2.20. The second-order valence-electron chi connectivity index (χ2n) is 5.27. The zero-order valence-corrected chi connectivity index (χ0v) is 11.2. The van der Waals surface area contributed by atoms with Gasteiger partial charge in [0.2, 0.25) is 5.88 Å². The molecule has 0 amide bonds. The zero-order chi connectivity index (χ0) is 13.0. The molecule has 18 heavy (non-hydrogen) atoms. The predicted octanol–water partition coefficient (Wildman–Crippen LogP) is 2.12. The van der Waals surface area contributed by atoms with Gasteiger partial charge in [0.15, 0.2) is 6.61 Å². The molecule has 2 rings (SSSR count). The minimum atomic E-state index is 0.361. The van der Waals surface area contributed by atoms with Gasteiger partial charge in [0.25, 0.3) is 0 Å². The number of nitrogens with zero attached hydrogens (tertiary/aromatic N) is 3. The average molecular weight is 245 g/mol. The van der Waals surface area contributed by atoms with Crippen LogP contribution in [0.25, 0.3) is 0 Å². The fraction of sp³-hybridized carbons (Fsp3) is 0.571. The summed E-state index contributed by atoms with van der Waals surface area (Å²) < 4.78 is 5.45. The summed E-state index contributed by atoms with van der Waals surface area (Å²) in [5.41, 5.74) is 0.361. The first-order valence-electron chi connectivity index (χ1n) is 6.20. The topological polar surface area (TPSA) is 38.2 Å². The van der Waals surface area contributed by atoms with Gasteiger partial charge in [-0.15, -0.1) is 5.92 Å². The van der Waals surface area contributed by atoms with Crippen molar-refractivity contribution in [3.63, 3.8) is 0 Å². The van der Waals surface area contributed by atoms with E-state index in [0.717, 1.165) is 18.9 Å². The Hall–Kier alpha value is -1.76. The second kappa shape index (κ2) is 5.26. The van der Waals surface area contributed by atoms with Crippen molar-refractivity contribution in [2.45, 2.75) is 27.2 Å². The number of hydrogen-bond acceptors (Lipinski definition) is 4. The SMILES string of the molecule is CC#CCOc1cc(N2CCC(C)(C)C2)ncn1. The van der Waals surface area contributed by atoms with Gasteiger partial charge < -0.3 is 9.64 Å². The van der Waals surface area contributed by atoms with Crippen molar-refractivity contribution in [3.8, 4) is 17.7 Å². The molecule has 2 heterocycles. The average Bonchev–Trinajstić information content (AvgIpc) is 2.71. The monoisotopic (exact) mass is 245 g/mol. The highest BCUT2D eigenvalue weighted by molar-refractivity contribution is 5.42. The Morgan fingerprint density at radius 1 is 1.44 bits per heavy atom. The van der Waals surface area contributed by atoms with E-state index in [0.29, 0.717) is 17.9 Å². The smallest absolute Gasteiger partial charge is 0.219 e. The Morgan fingerprint density at radius 2 is 2.28 bits per heavy atom. The summed E-state index contributed by atoms with van der Waals surface area (Å²) in [5, 5.41) is 0. The Kier molecular flexibility index (Phi) is 3.71. The molecule has 0 unspecified atom stereocenters. The van der Waals surface area contributed by atoms with E-state index in [4.69, 9.17) is 4.74 Å². The van der Waals surface area contributed by atoms with Crippen LogP contribution >= 0.6 is 0 Å². The van der Waals surface area contributed by atoms with Crippen molar-refractivity contribution in [3.05, 3.63) is 12.4 Å². The van der Waals surface area contributed by atoms with Gasteiger partial charge in [-0.1, -0.05) is 19.8 Å². The second-order valence-corrected chi connectivity index (χ2v) is 5.27. The Labute approximate surface area is 108 Å². The van der Waals surface area contributed by atoms with E-state index in [1.54, 1.807) is 13.3 Å². The Bertz CT molecular complexity index is 473. The molecule has 0 bridgehead atoms. The van der Waals surface area contributed by atoms with Crippen LogP contribution in [0.1, 0.15) is 27.2 Å². The largest absolute Gasteiger partial charge is 0.464 e. The first-order chi connectivity index (χ1) is 8.61. The van der Waals surface area contributed by atoms with Gasteiger partial charge in [-0.3, -0.25) is 0 Å². The van der Waals surface area contributed by atoms with Crippen LogP contribution in [0.4, 0.5) is 5.82 Å². The number of anilines is 1. The highest BCUT2D eigenvalue weighted by atomic mass is 16.5. The molecule has 1 aromatic rings. The summed E-state index contributed by atoms with van der Waals surface area (Å²) in [4.78, 5) is 10.7. The van der Waals surface area contributed by atoms with Crippen LogP contribution in [0.15, 0.2) is 12.4 Å². The van der Waals surface area contributed by atoms with Gasteiger partial charge in [-0.2, -0.15) is 0 Å². The lowest BCUT2D eigenvalue weighted by molar-refractivity contribution is 0.354. The summed E-state index contributed by atoms with van der Waals surface area (Å²) in [6.45, 7) is 8.79. The number of hydrogen-bond donors (Lipinski definition) is 0. The third-order valence-electron chi connectivity index (χ3n) is 3.10. The number of aromatic nitrogens is 2. The molecule has 0 saturated carbocycles. The lowest BCUT2D eigenvalue weighted by atomic mass is 9.93. The quantitative estimate of drug-likeness (QED) is 0.765. The van der Waals surface area contributed by atoms with Crippen molar-refractivity contribution in [1.82, 2.24) is 9.97 Å². The fourth-order valence-corrected chi connectivity index (χ4v) is 2.07. The molecular weight excluding hydrogens is 226 g/mol. The van der Waals surface area contributed by atoms with Gasteiger partial charge in [-0.25, -0.2) is 9.97 Å². The summed E-state index contributed by atoms with van der Waals surface area (Å²) >= 11 is 0. The van der Waals surface area contributed by atoms with Crippen molar-refractivity contribution in [1.29, 1.82) is 0 Å². The van der Waals surface area contributed by atoms with Crippen LogP contribution in [-0.2, 0) is 0 Å². The molecule has 0 aliphatic carbocycles. The molecule has 0 N–H and O–H groups in total. The molecule has 4 nitrogen and oxygen atoms in total. The fourth-order valence-electron chi connectivity index (χ4n) is 2.07. The number of ether oxygens (including phenoxy) is 1. The van der Waals surface area contributed by atoms with Crippen molar-refractivity contribution >= 4 is 5.82 Å². The third kappa shape index (κ3) is 3.13. The van der Waals surface area contributed by atoms with Gasteiger partial charge in [0.05, 0.1) is 0 Å². The molecule has 1 fully saturated rings. The van der Waals surface area contributed by atoms with E-state index in [-0.39, 0.29) is 0 Å². The molecule has 4 heteroatoms. The van der Waals surface area contributed by atoms with Gasteiger partial charge in [0, 0.05) is 19.2 Å². The standard InChI is InChI=1S/C14H19N3O/c1-4-5-8-18-13-9-12(15-11-16-13)17-7-6-14(2,3)10-17/h9,11H,6-8,10H2,1-3H3. The minimum Gasteiger partial charge on any atom is -0.464 e. The first-order valence-corrected chi connectivity index (χ1v) is 6.20. The van der Waals surface area contributed by atoms with E-state index in [2.05, 4.69) is 40.6 Å². The molecule has 1 aliphatic rings. The lowest BCUT2D eigenvalue weighted by Crippen LogP contribution is -2.23. The maximum Gasteiger partial charge on any atom is 0.219 e. The molecule has 0 radical (unpaired) electrons. The normalized spacial score (nSPS) is 17.2. The van der Waals surface area contributed by atoms with E-state index in [1.807, 2.05) is 6.07 Å². The zero-order valence-electron chi connectivity index (χ0n) is 11.2. The Balaban J connectivity index is 2.05. The van der Waals surface area contributed by atoms with Crippen molar-refractivity contribution < 1.29 is 4.74 Å². The van der Waals surface area contributed by atoms with Crippen molar-refractivity contribution in [2.24, 2.45) is 5.41 Å². The molecule has 1 aliphatic heterocycles. The molecule has 1 aromatic heterocycles. The van der Waals surface area contributed by atoms with Crippen LogP contribution in [0, 0.1) is 17.3 Å². The molecule has 0 atom stereocenters. The van der Waals surface area contributed by atoms with Gasteiger partial charge in [0.1, 0.15) is 12.1 Å². The van der Waals surface area contributed by atoms with Crippen LogP contribution in [-0.4, -0.2) is 29.7 Å². The third-order valence-corrected chi connectivity index (χ3v) is 3.10. The summed E-state index contributed by atoms with van der Waals surface area (Å²) in [6.07, 6.45) is 2.74. The minimum absolute atomic E-state index is 0.361. The Morgan fingerprint density at radius 3 is 2.94 bits per heavy atom. The van der Waals surface area contributed by atoms with E-state index in [1.165, 1.54) is 6.42 Å². The molecule has 0 aromatic carbocycles. The molecule has 96 valence electrons. The highest BCUT2D eigenvalue weighted by Crippen LogP contribution is 2.32. The number of rotatable bonds is 3. The van der Waals surface area contributed by atoms with Gasteiger partial charge >= 0.3 is 0 Å².